The SMILES string of the molecule is CN[C@H](C[C@@H](OC(C)=O)c1nc(C(=O)N(C)[C@@H](CSc2ccccc2)C(=O)N[C@H](CCCCN)C(=O)N[C@@H](Cc2ccccc2)C(=O)N2CCN(C(=O)CCCN3C(=O)C=CC3=O)CC2)cs1)C(C)C. The molecule has 0 spiro atoms. The first kappa shape index (κ1) is 55.0. The Labute approximate surface area is 418 Å². The number of nitrogens with one attached hydrogen (secondary N) is 3. The van der Waals surface area contributed by atoms with E-state index in [1.807, 2.05) is 67.7 Å². The number of imide groups is 1. The minimum absolute atomic E-state index is 0.00199. The molecule has 0 saturated carbocycles. The smallest absolute Gasteiger partial charge is 0.303 e. The van der Waals surface area contributed by atoms with Crippen LogP contribution >= 0.6 is 23.1 Å². The highest BCUT2D eigenvalue weighted by Crippen LogP contribution is 2.29. The fraction of sp³-hybridized carbons (Fsp3) is 0.500. The van der Waals surface area contributed by atoms with E-state index >= 15 is 0 Å². The lowest BCUT2D eigenvalue weighted by Crippen LogP contribution is -2.59. The first-order valence-corrected chi connectivity index (χ1v) is 25.7. The normalized spacial score (nSPS) is 15.8. The average molecular weight is 1000 g/mol. The minimum atomic E-state index is -1.11. The van der Waals surface area contributed by atoms with Gasteiger partial charge in [-0.15, -0.1) is 23.1 Å². The van der Waals surface area contributed by atoms with Crippen molar-refractivity contribution in [2.45, 2.75) is 101 Å². The van der Waals surface area contributed by atoms with Crippen LogP contribution in [-0.4, -0.2) is 155 Å². The Morgan fingerprint density at radius 3 is 2.10 bits per heavy atom. The van der Waals surface area contributed by atoms with Crippen LogP contribution in [0.5, 0.6) is 0 Å². The summed E-state index contributed by atoms with van der Waals surface area (Å²) in [6.07, 6.45) is 3.99. The van der Waals surface area contributed by atoms with Crippen molar-refractivity contribution in [3.8, 4) is 0 Å². The zero-order valence-electron chi connectivity index (χ0n) is 40.7. The van der Waals surface area contributed by atoms with Crippen molar-refractivity contribution >= 4 is 70.4 Å². The largest absolute Gasteiger partial charge is 0.455 e. The summed E-state index contributed by atoms with van der Waals surface area (Å²) < 4.78 is 5.68. The van der Waals surface area contributed by atoms with Crippen LogP contribution in [0.15, 0.2) is 83.1 Å². The number of carbonyl (C=O) groups excluding carboxylic acids is 8. The summed E-state index contributed by atoms with van der Waals surface area (Å²) in [6.45, 7) is 6.88. The lowest BCUT2D eigenvalue weighted by Gasteiger charge is -2.37. The molecule has 2 aliphatic heterocycles. The molecule has 5 N–H and O–H groups in total. The Hall–Kier alpha value is -5.96. The molecule has 1 saturated heterocycles. The average Bonchev–Trinajstić information content (AvgIpc) is 3.98. The Morgan fingerprint density at radius 2 is 1.49 bits per heavy atom. The molecule has 5 atom stereocenters. The first-order valence-electron chi connectivity index (χ1n) is 23.8. The van der Waals surface area contributed by atoms with Crippen molar-refractivity contribution in [2.24, 2.45) is 11.7 Å². The van der Waals surface area contributed by atoms with Gasteiger partial charge in [-0.05, 0) is 62.9 Å². The predicted molar refractivity (Wildman–Crippen MR) is 267 cm³/mol. The number of hydrogen-bond acceptors (Lipinski definition) is 14. The van der Waals surface area contributed by atoms with Crippen molar-refractivity contribution < 1.29 is 43.1 Å². The second-order valence-electron chi connectivity index (χ2n) is 17.7. The highest BCUT2D eigenvalue weighted by atomic mass is 32.2. The van der Waals surface area contributed by atoms with Gasteiger partial charge in [0.2, 0.25) is 23.6 Å². The van der Waals surface area contributed by atoms with Crippen molar-refractivity contribution in [1.29, 1.82) is 0 Å². The molecule has 1 fully saturated rings. The third-order valence-corrected chi connectivity index (χ3v) is 14.3. The molecule has 2 aromatic carbocycles. The van der Waals surface area contributed by atoms with Crippen molar-refractivity contribution in [2.75, 3.05) is 59.1 Å². The molecule has 0 radical (unpaired) electrons. The predicted octanol–water partition coefficient (Wildman–Crippen LogP) is 3.33. The Balaban J connectivity index is 1.32. The molecule has 0 unspecified atom stereocenters. The van der Waals surface area contributed by atoms with Crippen LogP contribution in [0.1, 0.15) is 86.5 Å². The van der Waals surface area contributed by atoms with Crippen LogP contribution in [0.4, 0.5) is 0 Å². The van der Waals surface area contributed by atoms with Crippen LogP contribution < -0.4 is 21.7 Å². The summed E-state index contributed by atoms with van der Waals surface area (Å²) in [5, 5.41) is 11.2. The summed E-state index contributed by atoms with van der Waals surface area (Å²) in [4.78, 5) is 118. The van der Waals surface area contributed by atoms with Crippen molar-refractivity contribution in [3.63, 3.8) is 0 Å². The number of nitrogens with zero attached hydrogens (tertiary/aromatic N) is 5. The number of amides is 7. The van der Waals surface area contributed by atoms with Gasteiger partial charge in [0.1, 0.15) is 28.8 Å². The molecule has 70 heavy (non-hydrogen) atoms. The zero-order chi connectivity index (χ0) is 50.7. The van der Waals surface area contributed by atoms with Gasteiger partial charge >= 0.3 is 5.97 Å². The molecule has 20 heteroatoms. The molecule has 5 rings (SSSR count). The van der Waals surface area contributed by atoms with Gasteiger partial charge in [-0.1, -0.05) is 62.4 Å². The second-order valence-corrected chi connectivity index (χ2v) is 19.7. The Bertz CT molecular complexity index is 2270. The molecule has 2 aliphatic rings. The first-order chi connectivity index (χ1) is 33.6. The molecule has 7 amide bonds. The van der Waals surface area contributed by atoms with Crippen LogP contribution in [-0.2, 0) is 44.7 Å². The van der Waals surface area contributed by atoms with Gasteiger partial charge in [0.25, 0.3) is 17.7 Å². The number of unbranched alkanes of at least 4 members (excludes halogenated alkanes) is 1. The molecule has 378 valence electrons. The van der Waals surface area contributed by atoms with Gasteiger partial charge in [0.15, 0.2) is 6.10 Å². The third kappa shape index (κ3) is 16.0. The maximum atomic E-state index is 14.6. The maximum absolute atomic E-state index is 14.6. The van der Waals surface area contributed by atoms with E-state index in [1.165, 1.54) is 54.1 Å². The highest BCUT2D eigenvalue weighted by molar-refractivity contribution is 7.99. The van der Waals surface area contributed by atoms with Gasteiger partial charge in [-0.3, -0.25) is 43.3 Å². The number of carbonyl (C=O) groups is 8. The summed E-state index contributed by atoms with van der Waals surface area (Å²) in [6, 6.07) is 15.4. The highest BCUT2D eigenvalue weighted by Gasteiger charge is 2.36. The number of benzene rings is 2. The number of aromatic nitrogens is 1. The van der Waals surface area contributed by atoms with E-state index in [-0.39, 0.29) is 87.2 Å². The van der Waals surface area contributed by atoms with Crippen LogP contribution in [0.3, 0.4) is 0 Å². The van der Waals surface area contributed by atoms with Gasteiger partial charge in [0.05, 0.1) is 0 Å². The number of nitrogens with two attached hydrogens (primary N) is 1. The lowest BCUT2D eigenvalue weighted by molar-refractivity contribution is -0.147. The van der Waals surface area contributed by atoms with Crippen molar-refractivity contribution in [3.05, 3.63) is 94.5 Å². The number of hydrogen-bond donors (Lipinski definition) is 4. The number of likely N-dealkylation sites (N-methyl/N-ethyl adjacent to an activating group) is 1. The molecule has 3 heterocycles. The summed E-state index contributed by atoms with van der Waals surface area (Å²) in [5.41, 5.74) is 6.73. The molecular weight excluding hydrogens is 935 g/mol. The van der Waals surface area contributed by atoms with E-state index in [1.54, 1.807) is 15.2 Å². The number of ether oxygens (including phenoxy) is 1. The standard InChI is InChI=1S/C50H67N9O9S2/c1-33(2)38(52-4)30-42(68-34(3)60)48-55-40(31-70-48)49(66)56(5)41(32-69-36-17-10-7-11-18-36)47(65)53-37(19-12-13-23-51)46(64)54-39(29-35-15-8-6-9-16-35)50(67)58-27-25-57(26-28-58)43(61)20-14-24-59-44(62)21-22-45(59)63/h6-11,15-18,21-22,31,33,37-39,41-42,52H,12-14,19-20,23-30,32,51H2,1-5H3,(H,53,65)(H,54,64)/t37-,38-,39+,41+,42-/m1/s1. The van der Waals surface area contributed by atoms with E-state index < -0.39 is 59.7 Å². The van der Waals surface area contributed by atoms with Crippen LogP contribution in [0.25, 0.3) is 0 Å². The van der Waals surface area contributed by atoms with E-state index in [9.17, 15) is 38.4 Å². The van der Waals surface area contributed by atoms with Crippen LogP contribution in [0.2, 0.25) is 0 Å². The third-order valence-electron chi connectivity index (χ3n) is 12.3. The van der Waals surface area contributed by atoms with E-state index in [4.69, 9.17) is 10.5 Å². The molecule has 3 aromatic rings. The number of rotatable bonds is 26. The number of piperazine rings is 1. The molecular formula is C50H67N9O9S2. The summed E-state index contributed by atoms with van der Waals surface area (Å²) >= 11 is 2.56. The van der Waals surface area contributed by atoms with Gasteiger partial charge in [0, 0.05) is 100 Å². The molecule has 0 aliphatic carbocycles. The van der Waals surface area contributed by atoms with E-state index in [0.717, 1.165) is 15.4 Å². The summed E-state index contributed by atoms with van der Waals surface area (Å²) in [5.74, 6) is -3.14. The van der Waals surface area contributed by atoms with Gasteiger partial charge in [-0.25, -0.2) is 4.98 Å². The minimum Gasteiger partial charge on any atom is -0.455 e. The van der Waals surface area contributed by atoms with Gasteiger partial charge < -0.3 is 41.1 Å². The Morgan fingerprint density at radius 1 is 0.857 bits per heavy atom. The number of esters is 1. The molecule has 18 nitrogen and oxygen atoms in total. The fourth-order valence-corrected chi connectivity index (χ4v) is 10.1. The quantitative estimate of drug-likeness (QED) is 0.0392. The van der Waals surface area contributed by atoms with Crippen molar-refractivity contribution in [1.82, 2.24) is 40.5 Å². The maximum Gasteiger partial charge on any atom is 0.303 e. The fourth-order valence-electron chi connectivity index (χ4n) is 8.21. The number of thioether (sulfide) groups is 1. The lowest BCUT2D eigenvalue weighted by atomic mass is 9.98. The van der Waals surface area contributed by atoms with E-state index in [0.29, 0.717) is 37.2 Å². The van der Waals surface area contributed by atoms with Gasteiger partial charge in [-0.2, -0.15) is 0 Å². The number of thiazole rings is 1. The Kier molecular flexibility index (Phi) is 21.5. The van der Waals surface area contributed by atoms with Crippen LogP contribution in [0, 0.1) is 5.92 Å². The molecule has 0 bridgehead atoms. The molecule has 1 aromatic heterocycles. The monoisotopic (exact) mass is 1000 g/mol. The zero-order valence-corrected chi connectivity index (χ0v) is 42.3. The second kappa shape index (κ2) is 27.4. The summed E-state index contributed by atoms with van der Waals surface area (Å²) in [7, 11) is 3.35. The van der Waals surface area contributed by atoms with E-state index in [2.05, 4.69) is 34.8 Å². The topological polar surface area (TPSA) is 234 Å².